The highest BCUT2D eigenvalue weighted by molar-refractivity contribution is 5.55. The van der Waals surface area contributed by atoms with Crippen molar-refractivity contribution in [1.29, 1.82) is 0 Å². The maximum atomic E-state index is 4.73. The first-order chi connectivity index (χ1) is 16.7. The van der Waals surface area contributed by atoms with Gasteiger partial charge in [0.25, 0.3) is 0 Å². The molecule has 4 rings (SSSR count). The van der Waals surface area contributed by atoms with Crippen molar-refractivity contribution in [2.24, 2.45) is 17.8 Å². The molecule has 0 N–H and O–H groups in total. The number of unbranched alkanes of at least 4 members (excludes halogenated alkanes) is 2. The zero-order valence-corrected chi connectivity index (χ0v) is 22.0. The predicted octanol–water partition coefficient (Wildman–Crippen LogP) is 9.54. The summed E-state index contributed by atoms with van der Waals surface area (Å²) in [6.07, 6.45) is 26.3. The summed E-state index contributed by atoms with van der Waals surface area (Å²) in [6, 6.07) is 9.13. The van der Waals surface area contributed by atoms with Crippen LogP contribution in [0, 0.1) is 17.8 Å². The molecule has 2 aliphatic rings. The van der Waals surface area contributed by atoms with E-state index in [1.807, 2.05) is 0 Å². The Labute approximate surface area is 209 Å². The number of aromatic nitrogens is 2. The topological polar surface area (TPSA) is 25.8 Å². The minimum atomic E-state index is 0.747. The van der Waals surface area contributed by atoms with Crippen LogP contribution < -0.4 is 0 Å². The molecule has 2 nitrogen and oxygen atoms in total. The number of nitrogens with zero attached hydrogens (tertiary/aromatic N) is 2. The van der Waals surface area contributed by atoms with Gasteiger partial charge in [-0.15, -0.1) is 0 Å². The van der Waals surface area contributed by atoms with Crippen LogP contribution in [0.4, 0.5) is 0 Å². The molecular formula is C32H48N2. The summed E-state index contributed by atoms with van der Waals surface area (Å²) in [5.74, 6) is 4.50. The minimum absolute atomic E-state index is 0.747. The van der Waals surface area contributed by atoms with Gasteiger partial charge in [0.2, 0.25) is 0 Å². The Kier molecular flexibility index (Phi) is 10.0. The van der Waals surface area contributed by atoms with Crippen molar-refractivity contribution in [3.63, 3.8) is 0 Å². The molecule has 2 heteroatoms. The van der Waals surface area contributed by atoms with Gasteiger partial charge in [0.1, 0.15) is 0 Å². The molecule has 2 aromatic rings. The van der Waals surface area contributed by atoms with Crippen molar-refractivity contribution in [2.45, 2.75) is 122 Å². The van der Waals surface area contributed by atoms with Crippen LogP contribution in [0.5, 0.6) is 0 Å². The first-order valence-electron chi connectivity index (χ1n) is 14.7. The zero-order chi connectivity index (χ0) is 23.6. The van der Waals surface area contributed by atoms with Gasteiger partial charge in [0, 0.05) is 18.0 Å². The van der Waals surface area contributed by atoms with Gasteiger partial charge in [0.15, 0.2) is 5.82 Å². The standard InChI is InChI=1S/C32H48N2/c1-3-5-6-8-26-9-11-27(12-10-26)13-14-28-23-33-32(34-24-28)31-21-19-30(20-22-31)29-17-15-25(7-4-2)16-18-29/h19-27,29H,3-18H2,1-2H3/t25-,26-,27-,29-. The molecule has 0 saturated heterocycles. The summed E-state index contributed by atoms with van der Waals surface area (Å²) in [6.45, 7) is 4.63. The van der Waals surface area contributed by atoms with Gasteiger partial charge in [0.05, 0.1) is 0 Å². The third-order valence-electron chi connectivity index (χ3n) is 8.91. The summed E-state index contributed by atoms with van der Waals surface area (Å²) >= 11 is 0. The number of rotatable bonds is 11. The molecule has 186 valence electrons. The minimum Gasteiger partial charge on any atom is -0.236 e. The molecule has 0 bridgehead atoms. The lowest BCUT2D eigenvalue weighted by Crippen LogP contribution is -2.15. The second-order valence-corrected chi connectivity index (χ2v) is 11.5. The van der Waals surface area contributed by atoms with E-state index in [1.165, 1.54) is 107 Å². The highest BCUT2D eigenvalue weighted by Crippen LogP contribution is 2.38. The van der Waals surface area contributed by atoms with Crippen LogP contribution in [0.15, 0.2) is 36.7 Å². The fourth-order valence-electron chi connectivity index (χ4n) is 6.59. The van der Waals surface area contributed by atoms with Gasteiger partial charge >= 0.3 is 0 Å². The SMILES string of the molecule is CCCCC[C@H]1CC[C@H](CCc2cnc(-c3ccc([C@H]4CC[C@H](CCC)CC4)cc3)nc2)CC1. The predicted molar refractivity (Wildman–Crippen MR) is 145 cm³/mol. The molecule has 2 aliphatic carbocycles. The molecule has 0 amide bonds. The second-order valence-electron chi connectivity index (χ2n) is 11.5. The molecule has 1 aromatic carbocycles. The summed E-state index contributed by atoms with van der Waals surface area (Å²) in [4.78, 5) is 9.46. The molecule has 0 unspecified atom stereocenters. The van der Waals surface area contributed by atoms with Crippen molar-refractivity contribution in [2.75, 3.05) is 0 Å². The largest absolute Gasteiger partial charge is 0.236 e. The van der Waals surface area contributed by atoms with Crippen LogP contribution in [0.3, 0.4) is 0 Å². The summed E-state index contributed by atoms with van der Waals surface area (Å²) in [7, 11) is 0. The van der Waals surface area contributed by atoms with Gasteiger partial charge in [-0.3, -0.25) is 0 Å². The Balaban J connectivity index is 1.21. The lowest BCUT2D eigenvalue weighted by Gasteiger charge is -2.28. The van der Waals surface area contributed by atoms with Gasteiger partial charge < -0.3 is 0 Å². The van der Waals surface area contributed by atoms with Gasteiger partial charge in [-0.25, -0.2) is 9.97 Å². The summed E-state index contributed by atoms with van der Waals surface area (Å²) < 4.78 is 0. The van der Waals surface area contributed by atoms with E-state index < -0.39 is 0 Å². The smallest absolute Gasteiger partial charge is 0.159 e. The van der Waals surface area contributed by atoms with Crippen LogP contribution in [0.25, 0.3) is 11.4 Å². The molecule has 34 heavy (non-hydrogen) atoms. The maximum absolute atomic E-state index is 4.73. The van der Waals surface area contributed by atoms with E-state index >= 15 is 0 Å². The zero-order valence-electron chi connectivity index (χ0n) is 22.0. The van der Waals surface area contributed by atoms with Crippen LogP contribution >= 0.6 is 0 Å². The lowest BCUT2D eigenvalue weighted by atomic mass is 9.77. The molecule has 0 spiro atoms. The fraction of sp³-hybridized carbons (Fsp3) is 0.688. The quantitative estimate of drug-likeness (QED) is 0.312. The monoisotopic (exact) mass is 460 g/mol. The third-order valence-corrected chi connectivity index (χ3v) is 8.91. The van der Waals surface area contributed by atoms with Gasteiger partial charge in [-0.05, 0) is 73.3 Å². The molecule has 1 heterocycles. The Morgan fingerprint density at radius 2 is 1.24 bits per heavy atom. The number of benzene rings is 1. The number of hydrogen-bond donors (Lipinski definition) is 0. The van der Waals surface area contributed by atoms with Crippen molar-refractivity contribution in [3.8, 4) is 11.4 Å². The highest BCUT2D eigenvalue weighted by Gasteiger charge is 2.22. The normalized spacial score (nSPS) is 25.4. The van der Waals surface area contributed by atoms with Crippen molar-refractivity contribution in [3.05, 3.63) is 47.8 Å². The molecule has 2 fully saturated rings. The molecule has 1 aromatic heterocycles. The van der Waals surface area contributed by atoms with E-state index in [0.717, 1.165) is 41.5 Å². The average molecular weight is 461 g/mol. The van der Waals surface area contributed by atoms with Crippen LogP contribution in [0.2, 0.25) is 0 Å². The van der Waals surface area contributed by atoms with Gasteiger partial charge in [-0.2, -0.15) is 0 Å². The number of aryl methyl sites for hydroxylation is 1. The van der Waals surface area contributed by atoms with Crippen LogP contribution in [-0.4, -0.2) is 9.97 Å². The first kappa shape index (κ1) is 25.4. The number of hydrogen-bond acceptors (Lipinski definition) is 2. The Morgan fingerprint density at radius 1 is 0.647 bits per heavy atom. The first-order valence-corrected chi connectivity index (χ1v) is 14.7. The van der Waals surface area contributed by atoms with Crippen molar-refractivity contribution in [1.82, 2.24) is 9.97 Å². The summed E-state index contributed by atoms with van der Waals surface area (Å²) in [5, 5.41) is 0. The van der Waals surface area contributed by atoms with E-state index in [9.17, 15) is 0 Å². The van der Waals surface area contributed by atoms with Crippen LogP contribution in [-0.2, 0) is 6.42 Å². The Hall–Kier alpha value is -1.70. The molecule has 0 atom stereocenters. The average Bonchev–Trinajstić information content (AvgIpc) is 2.89. The van der Waals surface area contributed by atoms with Gasteiger partial charge in [-0.1, -0.05) is 102 Å². The summed E-state index contributed by atoms with van der Waals surface area (Å²) in [5.41, 5.74) is 3.96. The molecule has 0 aliphatic heterocycles. The van der Waals surface area contributed by atoms with Crippen molar-refractivity contribution < 1.29 is 0 Å². The van der Waals surface area contributed by atoms with E-state index in [1.54, 1.807) is 0 Å². The van der Waals surface area contributed by atoms with E-state index in [4.69, 9.17) is 9.97 Å². The van der Waals surface area contributed by atoms with E-state index in [2.05, 4.69) is 50.5 Å². The molecular weight excluding hydrogens is 412 g/mol. The Morgan fingerprint density at radius 3 is 1.85 bits per heavy atom. The highest BCUT2D eigenvalue weighted by atomic mass is 14.9. The van der Waals surface area contributed by atoms with Crippen LogP contribution in [0.1, 0.15) is 127 Å². The molecule has 0 radical (unpaired) electrons. The third kappa shape index (κ3) is 7.40. The van der Waals surface area contributed by atoms with E-state index in [-0.39, 0.29) is 0 Å². The fourth-order valence-corrected chi connectivity index (χ4v) is 6.59. The maximum Gasteiger partial charge on any atom is 0.159 e. The van der Waals surface area contributed by atoms with Crippen molar-refractivity contribution >= 4 is 0 Å². The lowest BCUT2D eigenvalue weighted by molar-refractivity contribution is 0.249. The molecule has 2 saturated carbocycles. The van der Waals surface area contributed by atoms with E-state index in [0.29, 0.717) is 0 Å². The second kappa shape index (κ2) is 13.4. The Bertz CT molecular complexity index is 809.